The van der Waals surface area contributed by atoms with E-state index in [4.69, 9.17) is 10.5 Å². The normalized spacial score (nSPS) is 37.1. The van der Waals surface area contributed by atoms with Gasteiger partial charge in [-0.25, -0.2) is 0 Å². The van der Waals surface area contributed by atoms with Crippen LogP contribution < -0.4 is 11.1 Å². The lowest BCUT2D eigenvalue weighted by atomic mass is 9.44. The average Bonchev–Trinajstić information content (AvgIpc) is 3.31. The van der Waals surface area contributed by atoms with Crippen LogP contribution in [0.5, 0.6) is 0 Å². The van der Waals surface area contributed by atoms with Crippen molar-refractivity contribution >= 4 is 18.3 Å². The van der Waals surface area contributed by atoms with Crippen LogP contribution in [0.3, 0.4) is 0 Å². The number of halogens is 1. The lowest BCUT2D eigenvalue weighted by molar-refractivity contribution is -0.130. The fourth-order valence-corrected chi connectivity index (χ4v) is 10.7. The predicted octanol–water partition coefficient (Wildman–Crippen LogP) is 8.56. The minimum atomic E-state index is -0.609. The van der Waals surface area contributed by atoms with Crippen LogP contribution in [0.2, 0.25) is 0 Å². The van der Waals surface area contributed by atoms with Crippen LogP contribution in [0.25, 0.3) is 0 Å². The third-order valence-corrected chi connectivity index (χ3v) is 13.0. The molecule has 1 unspecified atom stereocenters. The average molecular weight is 601 g/mol. The summed E-state index contributed by atoms with van der Waals surface area (Å²) in [7, 11) is 0. The number of hydrogen-bond donors (Lipinski definition) is 2. The first-order chi connectivity index (χ1) is 19.6. The van der Waals surface area contributed by atoms with Crippen LogP contribution in [0.15, 0.2) is 30.3 Å². The van der Waals surface area contributed by atoms with Crippen molar-refractivity contribution in [1.29, 1.82) is 0 Å². The molecule has 5 rings (SSSR count). The van der Waals surface area contributed by atoms with Gasteiger partial charge in [0.05, 0.1) is 13.2 Å². The number of nitrogens with one attached hydrogen (secondary N) is 1. The van der Waals surface area contributed by atoms with E-state index in [0.29, 0.717) is 17.4 Å². The van der Waals surface area contributed by atoms with Crippen LogP contribution in [-0.2, 0) is 16.1 Å². The van der Waals surface area contributed by atoms with Gasteiger partial charge in [-0.15, -0.1) is 12.4 Å². The van der Waals surface area contributed by atoms with E-state index in [1.54, 1.807) is 0 Å². The van der Waals surface area contributed by atoms with E-state index in [1.807, 2.05) is 30.3 Å². The van der Waals surface area contributed by atoms with Gasteiger partial charge in [-0.05, 0) is 116 Å². The molecule has 10 atom stereocenters. The fraction of sp³-hybridized carbons (Fsp3) is 0.811. The first-order valence-corrected chi connectivity index (χ1v) is 17.3. The van der Waals surface area contributed by atoms with Gasteiger partial charge in [0.1, 0.15) is 6.04 Å². The predicted molar refractivity (Wildman–Crippen MR) is 176 cm³/mol. The minimum absolute atomic E-state index is 0. The van der Waals surface area contributed by atoms with E-state index in [0.717, 1.165) is 59.8 Å². The molecule has 0 heterocycles. The van der Waals surface area contributed by atoms with Crippen LogP contribution in [0.1, 0.15) is 117 Å². The molecule has 1 aromatic carbocycles. The highest BCUT2D eigenvalue weighted by Crippen LogP contribution is 2.68. The standard InChI is InChI=1S/C37H60N2O2.ClH/c1-25(2)10-9-11-26(3)31-16-17-32-30-15-14-28-22-29(18-20-36(28,4)33(30)19-21-37(31,32)5)39-35(40)34(38)24-41-23-27-12-7-6-8-13-27;/h6-8,12-13,25-26,28-34H,9-11,14-24,38H2,1-5H3,(H,39,40);1H/t26-,28?,29-,30+,31-,32+,33+,34-,36+,37-;/m1./s1. The molecule has 1 aromatic rings. The molecule has 4 aliphatic rings. The van der Waals surface area contributed by atoms with Crippen molar-refractivity contribution in [2.75, 3.05) is 6.61 Å². The molecule has 0 aromatic heterocycles. The molecule has 3 N–H and O–H groups in total. The second kappa shape index (κ2) is 14.3. The molecular formula is C37H61ClN2O2. The van der Waals surface area contributed by atoms with Gasteiger partial charge in [0.15, 0.2) is 0 Å². The lowest BCUT2D eigenvalue weighted by Crippen LogP contribution is -2.56. The summed E-state index contributed by atoms with van der Waals surface area (Å²) in [5.74, 6) is 6.05. The Kier molecular flexibility index (Phi) is 11.5. The van der Waals surface area contributed by atoms with E-state index in [2.05, 4.69) is 39.9 Å². The molecule has 0 saturated heterocycles. The second-order valence-electron chi connectivity index (χ2n) is 15.8. The van der Waals surface area contributed by atoms with Gasteiger partial charge in [-0.1, -0.05) is 84.2 Å². The van der Waals surface area contributed by atoms with E-state index in [1.165, 1.54) is 64.2 Å². The highest BCUT2D eigenvalue weighted by Gasteiger charge is 2.60. The van der Waals surface area contributed by atoms with Crippen molar-refractivity contribution in [3.63, 3.8) is 0 Å². The monoisotopic (exact) mass is 600 g/mol. The molecule has 42 heavy (non-hydrogen) atoms. The number of ether oxygens (including phenoxy) is 1. The van der Waals surface area contributed by atoms with Crippen molar-refractivity contribution in [3.8, 4) is 0 Å². The van der Waals surface area contributed by atoms with E-state index >= 15 is 0 Å². The zero-order valence-corrected chi connectivity index (χ0v) is 28.1. The van der Waals surface area contributed by atoms with Gasteiger partial charge in [0.2, 0.25) is 5.91 Å². The summed E-state index contributed by atoms with van der Waals surface area (Å²) in [5, 5.41) is 3.33. The maximum atomic E-state index is 13.0. The van der Waals surface area contributed by atoms with E-state index in [9.17, 15) is 4.79 Å². The number of carbonyl (C=O) groups excluding carboxylic acids is 1. The maximum Gasteiger partial charge on any atom is 0.239 e. The highest BCUT2D eigenvalue weighted by molar-refractivity contribution is 5.85. The molecule has 4 saturated carbocycles. The zero-order chi connectivity index (χ0) is 29.2. The number of nitrogens with two attached hydrogens (primary N) is 1. The maximum absolute atomic E-state index is 13.0. The number of carbonyl (C=O) groups is 1. The number of rotatable bonds is 11. The van der Waals surface area contributed by atoms with Gasteiger partial charge < -0.3 is 15.8 Å². The summed E-state index contributed by atoms with van der Waals surface area (Å²) in [5.41, 5.74) is 8.35. The summed E-state index contributed by atoms with van der Waals surface area (Å²) >= 11 is 0. The number of benzene rings is 1. The minimum Gasteiger partial charge on any atom is -0.375 e. The topological polar surface area (TPSA) is 64.4 Å². The second-order valence-corrected chi connectivity index (χ2v) is 15.8. The van der Waals surface area contributed by atoms with Crippen molar-refractivity contribution in [3.05, 3.63) is 35.9 Å². The third-order valence-electron chi connectivity index (χ3n) is 13.0. The van der Waals surface area contributed by atoms with Crippen molar-refractivity contribution in [2.24, 2.45) is 58.0 Å². The Labute approximate surface area is 263 Å². The Bertz CT molecular complexity index is 1000. The number of amides is 1. The van der Waals surface area contributed by atoms with Gasteiger partial charge in [0.25, 0.3) is 0 Å². The molecule has 4 nitrogen and oxygen atoms in total. The summed E-state index contributed by atoms with van der Waals surface area (Å²) in [6.07, 6.45) is 16.3. The lowest BCUT2D eigenvalue weighted by Gasteiger charge is -2.61. The molecule has 5 heteroatoms. The van der Waals surface area contributed by atoms with E-state index in [-0.39, 0.29) is 31.0 Å². The summed E-state index contributed by atoms with van der Waals surface area (Å²) in [6, 6.07) is 9.72. The molecule has 1 amide bonds. The van der Waals surface area contributed by atoms with Crippen molar-refractivity contribution in [2.45, 2.75) is 130 Å². The molecule has 0 bridgehead atoms. The SMILES string of the molecule is CC(C)CCC[C@@H](C)[C@H]1CC[C@H]2[C@@H]3CCC4C[C@H](NC(=O)[C@H](N)COCc5ccccc5)CC[C@]4(C)[C@H]3CC[C@]12C.Cl. The number of hydrogen-bond acceptors (Lipinski definition) is 3. The smallest absolute Gasteiger partial charge is 0.239 e. The Morgan fingerprint density at radius 1 is 0.952 bits per heavy atom. The van der Waals surface area contributed by atoms with Crippen molar-refractivity contribution < 1.29 is 9.53 Å². The van der Waals surface area contributed by atoms with Gasteiger partial charge >= 0.3 is 0 Å². The largest absolute Gasteiger partial charge is 0.375 e. The molecule has 0 radical (unpaired) electrons. The third kappa shape index (κ3) is 7.07. The van der Waals surface area contributed by atoms with Crippen LogP contribution in [0.4, 0.5) is 0 Å². The quantitative estimate of drug-likeness (QED) is 0.267. The van der Waals surface area contributed by atoms with Crippen molar-refractivity contribution in [1.82, 2.24) is 5.32 Å². The fourth-order valence-electron chi connectivity index (χ4n) is 10.7. The Hall–Kier alpha value is -1.10. The van der Waals surface area contributed by atoms with Gasteiger partial charge in [0, 0.05) is 6.04 Å². The highest BCUT2D eigenvalue weighted by atomic mass is 35.5. The molecule has 4 aliphatic carbocycles. The van der Waals surface area contributed by atoms with Crippen LogP contribution in [-0.4, -0.2) is 24.6 Å². The summed E-state index contributed by atoms with van der Waals surface area (Å²) < 4.78 is 5.76. The Morgan fingerprint density at radius 2 is 1.67 bits per heavy atom. The van der Waals surface area contributed by atoms with Gasteiger partial charge in [-0.3, -0.25) is 4.79 Å². The number of fused-ring (bicyclic) bond motifs is 5. The molecule has 4 fully saturated rings. The molecular weight excluding hydrogens is 540 g/mol. The Balaban J connectivity index is 0.00000405. The zero-order valence-electron chi connectivity index (χ0n) is 27.3. The summed E-state index contributed by atoms with van der Waals surface area (Å²) in [4.78, 5) is 13.0. The van der Waals surface area contributed by atoms with E-state index < -0.39 is 6.04 Å². The first-order valence-electron chi connectivity index (χ1n) is 17.3. The Morgan fingerprint density at radius 3 is 2.40 bits per heavy atom. The van der Waals surface area contributed by atoms with Gasteiger partial charge in [-0.2, -0.15) is 0 Å². The first kappa shape index (κ1) is 33.8. The molecule has 0 aliphatic heterocycles. The molecule has 238 valence electrons. The summed E-state index contributed by atoms with van der Waals surface area (Å²) in [6.45, 7) is 13.4. The molecule has 0 spiro atoms. The van der Waals surface area contributed by atoms with Crippen LogP contribution >= 0.6 is 12.4 Å². The van der Waals surface area contributed by atoms with Crippen LogP contribution in [0, 0.1) is 52.3 Å².